The Morgan fingerprint density at radius 1 is 1.24 bits per heavy atom. The SMILES string of the molecule is C/C=C/CN1C(=O)C2C(=NC3=[N+]2CC(C)=NN3CCN2CCOCC2)N(C)C1=O. The van der Waals surface area contributed by atoms with Crippen molar-refractivity contribution in [1.82, 2.24) is 19.7 Å². The molecule has 0 spiro atoms. The molecule has 3 amide bonds. The van der Waals surface area contributed by atoms with Crippen molar-refractivity contribution in [1.29, 1.82) is 0 Å². The molecule has 0 radical (unpaired) electrons. The van der Waals surface area contributed by atoms with Crippen LogP contribution in [0.1, 0.15) is 13.8 Å². The van der Waals surface area contributed by atoms with Crippen LogP contribution in [-0.2, 0) is 9.53 Å². The summed E-state index contributed by atoms with van der Waals surface area (Å²) in [6.45, 7) is 9.42. The Kier molecular flexibility index (Phi) is 5.46. The number of ether oxygens (including phenoxy) is 1. The van der Waals surface area contributed by atoms with Gasteiger partial charge in [-0.2, -0.15) is 0 Å². The van der Waals surface area contributed by atoms with Crippen molar-refractivity contribution < 1.29 is 18.9 Å². The Balaban J connectivity index is 1.58. The third-order valence-electron chi connectivity index (χ3n) is 5.57. The first-order valence-electron chi connectivity index (χ1n) is 10.1. The van der Waals surface area contributed by atoms with Gasteiger partial charge in [-0.1, -0.05) is 17.1 Å². The van der Waals surface area contributed by atoms with Gasteiger partial charge in [0.25, 0.3) is 5.91 Å². The Morgan fingerprint density at radius 3 is 2.72 bits per heavy atom. The Labute approximate surface area is 170 Å². The number of carbonyl (C=O) groups is 2. The number of amidine groups is 1. The second kappa shape index (κ2) is 8.03. The van der Waals surface area contributed by atoms with Gasteiger partial charge in [-0.05, 0) is 13.8 Å². The fourth-order valence-electron chi connectivity index (χ4n) is 3.99. The molecule has 10 heteroatoms. The number of morpholine rings is 1. The second-order valence-corrected chi connectivity index (χ2v) is 7.57. The monoisotopic (exact) mass is 402 g/mol. The third-order valence-corrected chi connectivity index (χ3v) is 5.57. The molecule has 4 heterocycles. The van der Waals surface area contributed by atoms with Crippen LogP contribution in [0.4, 0.5) is 4.79 Å². The number of likely N-dealkylation sites (N-methyl/N-ethyl adjacent to an activating group) is 1. The third kappa shape index (κ3) is 3.58. The van der Waals surface area contributed by atoms with Crippen LogP contribution in [0, 0.1) is 0 Å². The molecule has 2 fully saturated rings. The van der Waals surface area contributed by atoms with E-state index in [9.17, 15) is 9.59 Å². The van der Waals surface area contributed by atoms with Crippen molar-refractivity contribution in [2.75, 3.05) is 59.5 Å². The summed E-state index contributed by atoms with van der Waals surface area (Å²) in [7, 11) is 1.67. The van der Waals surface area contributed by atoms with Crippen molar-refractivity contribution >= 4 is 29.4 Å². The van der Waals surface area contributed by atoms with Crippen molar-refractivity contribution in [3.05, 3.63) is 12.2 Å². The summed E-state index contributed by atoms with van der Waals surface area (Å²) in [5.74, 6) is 0.889. The van der Waals surface area contributed by atoms with E-state index in [2.05, 4.69) is 15.0 Å². The molecule has 10 nitrogen and oxygen atoms in total. The molecule has 29 heavy (non-hydrogen) atoms. The van der Waals surface area contributed by atoms with E-state index in [-0.39, 0.29) is 18.5 Å². The zero-order chi connectivity index (χ0) is 20.5. The van der Waals surface area contributed by atoms with Crippen LogP contribution in [-0.4, -0.2) is 119 Å². The molecule has 0 aromatic carbocycles. The van der Waals surface area contributed by atoms with Gasteiger partial charge in [0.15, 0.2) is 0 Å². The molecule has 156 valence electrons. The van der Waals surface area contributed by atoms with Crippen molar-refractivity contribution in [3.63, 3.8) is 0 Å². The van der Waals surface area contributed by atoms with Crippen LogP contribution in [0.5, 0.6) is 0 Å². The molecule has 2 saturated heterocycles. The first-order chi connectivity index (χ1) is 14.0. The predicted octanol–water partition coefficient (Wildman–Crippen LogP) is -0.371. The summed E-state index contributed by atoms with van der Waals surface area (Å²) in [6, 6.07) is -0.935. The van der Waals surface area contributed by atoms with Gasteiger partial charge in [-0.3, -0.25) is 19.5 Å². The summed E-state index contributed by atoms with van der Waals surface area (Å²) < 4.78 is 7.37. The van der Waals surface area contributed by atoms with E-state index in [0.717, 1.165) is 38.6 Å². The minimum absolute atomic E-state index is 0.234. The molecule has 4 aliphatic heterocycles. The zero-order valence-electron chi connectivity index (χ0n) is 17.2. The lowest BCUT2D eigenvalue weighted by molar-refractivity contribution is -0.527. The van der Waals surface area contributed by atoms with Crippen LogP contribution < -0.4 is 0 Å². The lowest BCUT2D eigenvalue weighted by Gasteiger charge is -2.34. The second-order valence-electron chi connectivity index (χ2n) is 7.57. The maximum Gasteiger partial charge on any atom is 0.416 e. The highest BCUT2D eigenvalue weighted by atomic mass is 16.5. The normalized spacial score (nSPS) is 25.6. The lowest BCUT2D eigenvalue weighted by Crippen LogP contribution is -2.63. The Morgan fingerprint density at radius 2 is 2.00 bits per heavy atom. The van der Waals surface area contributed by atoms with Gasteiger partial charge in [0, 0.05) is 33.2 Å². The number of hydrogen-bond donors (Lipinski definition) is 0. The molecule has 1 unspecified atom stereocenters. The number of hydrazone groups is 1. The van der Waals surface area contributed by atoms with Crippen molar-refractivity contribution in [2.45, 2.75) is 19.9 Å². The highest BCUT2D eigenvalue weighted by Crippen LogP contribution is 2.23. The van der Waals surface area contributed by atoms with E-state index in [0.29, 0.717) is 24.9 Å². The lowest BCUT2D eigenvalue weighted by atomic mass is 10.1. The van der Waals surface area contributed by atoms with Gasteiger partial charge >= 0.3 is 12.0 Å². The summed E-state index contributed by atoms with van der Waals surface area (Å²) in [4.78, 5) is 35.7. The largest absolute Gasteiger partial charge is 0.416 e. The van der Waals surface area contributed by atoms with Crippen molar-refractivity contribution in [2.24, 2.45) is 10.1 Å². The summed E-state index contributed by atoms with van der Waals surface area (Å²) in [6.07, 6.45) is 3.64. The molecule has 0 aliphatic carbocycles. The highest BCUT2D eigenvalue weighted by Gasteiger charge is 2.54. The van der Waals surface area contributed by atoms with Gasteiger partial charge in [-0.25, -0.2) is 9.37 Å². The van der Waals surface area contributed by atoms with Crippen LogP contribution in [0.2, 0.25) is 0 Å². The Hall–Kier alpha value is -2.59. The molecule has 0 bridgehead atoms. The van der Waals surface area contributed by atoms with Crippen LogP contribution in [0.25, 0.3) is 0 Å². The standard InChI is InChI=1S/C19H28N7O3/c1-4-5-6-24-17(27)15-16(22(3)19(24)28)20-18-25(15)13-14(2)21-26(18)8-7-23-9-11-29-12-10-23/h4-5,15H,6-13H2,1-3H3/q+1/b5-4+. The predicted molar refractivity (Wildman–Crippen MR) is 108 cm³/mol. The maximum absolute atomic E-state index is 13.2. The fourth-order valence-corrected chi connectivity index (χ4v) is 3.99. The van der Waals surface area contributed by atoms with E-state index in [4.69, 9.17) is 4.74 Å². The van der Waals surface area contributed by atoms with Gasteiger partial charge < -0.3 is 4.74 Å². The molecular formula is C19H28N7O3+. The summed E-state index contributed by atoms with van der Waals surface area (Å²) in [5, 5.41) is 6.53. The summed E-state index contributed by atoms with van der Waals surface area (Å²) in [5.41, 5.74) is 0.916. The number of hydrogen-bond acceptors (Lipinski definition) is 7. The number of aliphatic imine (C=N–C) groups is 1. The molecule has 4 rings (SSSR count). The number of urea groups is 1. The molecular weight excluding hydrogens is 374 g/mol. The fraction of sp³-hybridized carbons (Fsp3) is 0.632. The van der Waals surface area contributed by atoms with E-state index in [1.54, 1.807) is 7.05 Å². The quantitative estimate of drug-likeness (QED) is 0.463. The maximum atomic E-state index is 13.2. The average molecular weight is 402 g/mol. The van der Waals surface area contributed by atoms with E-state index >= 15 is 0 Å². The minimum atomic E-state index is -0.589. The first-order valence-corrected chi connectivity index (χ1v) is 10.1. The molecule has 0 N–H and O–H groups in total. The number of allylic oxidation sites excluding steroid dienone is 1. The summed E-state index contributed by atoms with van der Waals surface area (Å²) >= 11 is 0. The van der Waals surface area contributed by atoms with E-state index in [1.165, 1.54) is 9.80 Å². The number of nitrogens with zero attached hydrogens (tertiary/aromatic N) is 7. The molecule has 1 atom stereocenters. The van der Waals surface area contributed by atoms with E-state index < -0.39 is 6.04 Å². The van der Waals surface area contributed by atoms with Gasteiger partial charge in [0.05, 0.1) is 18.9 Å². The number of carbonyl (C=O) groups excluding carboxylic acids is 2. The molecule has 0 saturated carbocycles. The topological polar surface area (TPSA) is 84.1 Å². The van der Waals surface area contributed by atoms with Gasteiger partial charge in [-0.15, -0.1) is 10.1 Å². The smallest absolute Gasteiger partial charge is 0.379 e. The molecule has 0 aromatic rings. The van der Waals surface area contributed by atoms with Crippen LogP contribution in [0.15, 0.2) is 22.2 Å². The van der Waals surface area contributed by atoms with Gasteiger partial charge in [0.1, 0.15) is 13.1 Å². The number of imide groups is 1. The van der Waals surface area contributed by atoms with Crippen LogP contribution in [0.3, 0.4) is 0 Å². The first kappa shape index (κ1) is 19.7. The number of amides is 3. The zero-order valence-corrected chi connectivity index (χ0v) is 17.2. The molecule has 4 aliphatic rings. The minimum Gasteiger partial charge on any atom is -0.379 e. The molecule has 0 aromatic heterocycles. The highest BCUT2D eigenvalue weighted by molar-refractivity contribution is 6.23. The van der Waals surface area contributed by atoms with Crippen LogP contribution >= 0.6 is 0 Å². The number of fused-ring (bicyclic) bond motifs is 2. The number of guanidine groups is 1. The number of rotatable bonds is 5. The van der Waals surface area contributed by atoms with E-state index in [1.807, 2.05) is 35.6 Å². The van der Waals surface area contributed by atoms with Crippen molar-refractivity contribution in [3.8, 4) is 0 Å². The average Bonchev–Trinajstić information content (AvgIpc) is 3.11. The Bertz CT molecular complexity index is 826. The van der Waals surface area contributed by atoms with Gasteiger partial charge in [0.2, 0.25) is 11.9 Å².